The Morgan fingerprint density at radius 2 is 1.65 bits per heavy atom. The topological polar surface area (TPSA) is 26.0 Å². The highest BCUT2D eigenvalue weighted by Crippen LogP contribution is 2.31. The average Bonchev–Trinajstić information content (AvgIpc) is 2.93. The Bertz CT molecular complexity index is 702. The van der Waals surface area contributed by atoms with Crippen molar-refractivity contribution in [3.8, 4) is 22.8 Å². The molecule has 3 aromatic rings. The molecule has 20 heavy (non-hydrogen) atoms. The molecule has 0 saturated heterocycles. The monoisotopic (exact) mass is 375 g/mol. The van der Waals surface area contributed by atoms with Crippen molar-refractivity contribution in [3.63, 3.8) is 0 Å². The van der Waals surface area contributed by atoms with Gasteiger partial charge in [0.1, 0.15) is 0 Å². The van der Waals surface area contributed by atoms with E-state index in [0.717, 1.165) is 27.0 Å². The molecule has 0 fully saturated rings. The van der Waals surface area contributed by atoms with Gasteiger partial charge in [-0.2, -0.15) is 0 Å². The molecule has 3 heteroatoms. The van der Waals surface area contributed by atoms with Gasteiger partial charge in [0.15, 0.2) is 5.76 Å². The lowest BCUT2D eigenvalue weighted by Gasteiger charge is -1.98. The molecule has 100 valence electrons. The maximum atomic E-state index is 6.00. The van der Waals surface area contributed by atoms with Gasteiger partial charge in [0.05, 0.1) is 5.69 Å². The minimum Gasteiger partial charge on any atom is -0.436 e. The predicted molar refractivity (Wildman–Crippen MR) is 89.8 cm³/mol. The summed E-state index contributed by atoms with van der Waals surface area (Å²) in [6, 6.07) is 18.4. The highest BCUT2D eigenvalue weighted by Gasteiger charge is 2.15. The van der Waals surface area contributed by atoms with Crippen molar-refractivity contribution in [2.75, 3.05) is 0 Å². The lowest BCUT2D eigenvalue weighted by atomic mass is 10.1. The van der Waals surface area contributed by atoms with E-state index in [0.29, 0.717) is 5.89 Å². The van der Waals surface area contributed by atoms with Crippen LogP contribution in [0.1, 0.15) is 11.3 Å². The Hall–Kier alpha value is -1.62. The van der Waals surface area contributed by atoms with Crippen molar-refractivity contribution in [3.05, 3.63) is 65.9 Å². The van der Waals surface area contributed by atoms with Crippen molar-refractivity contribution >= 4 is 22.6 Å². The van der Waals surface area contributed by atoms with Crippen LogP contribution >= 0.6 is 22.6 Å². The average molecular weight is 375 g/mol. The number of hydrogen-bond donors (Lipinski definition) is 0. The molecular weight excluding hydrogens is 361 g/mol. The van der Waals surface area contributed by atoms with Gasteiger partial charge < -0.3 is 4.42 Å². The maximum absolute atomic E-state index is 6.00. The summed E-state index contributed by atoms with van der Waals surface area (Å²) >= 11 is 2.32. The second-order valence-electron chi connectivity index (χ2n) is 4.66. The third-order valence-corrected chi connectivity index (χ3v) is 3.88. The van der Waals surface area contributed by atoms with Gasteiger partial charge in [0.25, 0.3) is 0 Å². The Morgan fingerprint density at radius 3 is 2.30 bits per heavy atom. The fourth-order valence-electron chi connectivity index (χ4n) is 2.08. The van der Waals surface area contributed by atoms with Gasteiger partial charge in [-0.15, -0.1) is 0 Å². The first kappa shape index (κ1) is 13.4. The van der Waals surface area contributed by atoms with Gasteiger partial charge in [-0.3, -0.25) is 0 Å². The minimum atomic E-state index is 0.690. The van der Waals surface area contributed by atoms with Crippen LogP contribution in [0.25, 0.3) is 22.8 Å². The maximum Gasteiger partial charge on any atom is 0.227 e. The van der Waals surface area contributed by atoms with Crippen molar-refractivity contribution < 1.29 is 4.42 Å². The quantitative estimate of drug-likeness (QED) is 0.462. The van der Waals surface area contributed by atoms with E-state index in [1.807, 2.05) is 30.3 Å². The number of oxazole rings is 1. The highest BCUT2D eigenvalue weighted by atomic mass is 127. The predicted octanol–water partition coefficient (Wildman–Crippen LogP) is 5.25. The number of halogens is 1. The summed E-state index contributed by atoms with van der Waals surface area (Å²) in [7, 11) is 0. The van der Waals surface area contributed by atoms with Gasteiger partial charge in [0, 0.05) is 15.6 Å². The van der Waals surface area contributed by atoms with Crippen LogP contribution < -0.4 is 0 Å². The molecule has 0 aliphatic carbocycles. The van der Waals surface area contributed by atoms with Gasteiger partial charge in [0.2, 0.25) is 5.89 Å². The van der Waals surface area contributed by atoms with Gasteiger partial charge in [-0.1, -0.05) is 70.6 Å². The Morgan fingerprint density at radius 1 is 0.950 bits per heavy atom. The summed E-state index contributed by atoms with van der Waals surface area (Å²) < 4.78 is 6.83. The van der Waals surface area contributed by atoms with Crippen LogP contribution in [0.4, 0.5) is 0 Å². The summed E-state index contributed by atoms with van der Waals surface area (Å²) in [4.78, 5) is 4.63. The molecule has 0 atom stereocenters. The van der Waals surface area contributed by atoms with Crippen LogP contribution in [0.15, 0.2) is 59.0 Å². The third-order valence-electron chi connectivity index (χ3n) is 3.16. The first-order valence-electron chi connectivity index (χ1n) is 6.46. The van der Waals surface area contributed by atoms with E-state index >= 15 is 0 Å². The van der Waals surface area contributed by atoms with Crippen molar-refractivity contribution in [2.45, 2.75) is 11.4 Å². The number of aryl methyl sites for hydroxylation is 1. The molecular formula is C17H14INO. The zero-order chi connectivity index (χ0) is 13.9. The van der Waals surface area contributed by atoms with Crippen LogP contribution in [-0.4, -0.2) is 4.98 Å². The van der Waals surface area contributed by atoms with E-state index in [4.69, 9.17) is 4.42 Å². The fraction of sp³-hybridized carbons (Fsp3) is 0.118. The zero-order valence-electron chi connectivity index (χ0n) is 11.1. The van der Waals surface area contributed by atoms with Crippen LogP contribution in [0, 0.1) is 6.92 Å². The van der Waals surface area contributed by atoms with Gasteiger partial charge >= 0.3 is 0 Å². The Kier molecular flexibility index (Phi) is 3.87. The van der Waals surface area contributed by atoms with Crippen molar-refractivity contribution in [1.29, 1.82) is 0 Å². The smallest absolute Gasteiger partial charge is 0.227 e. The standard InChI is InChI=1S/C17H14INO/c1-12-7-9-14(10-8-12)17-19-15(11-18)16(20-17)13-5-3-2-4-6-13/h2-10H,11H2,1H3. The highest BCUT2D eigenvalue weighted by molar-refractivity contribution is 14.1. The number of nitrogens with zero attached hydrogens (tertiary/aromatic N) is 1. The zero-order valence-corrected chi connectivity index (χ0v) is 13.3. The molecule has 0 unspecified atom stereocenters. The largest absolute Gasteiger partial charge is 0.436 e. The normalized spacial score (nSPS) is 10.7. The number of rotatable bonds is 3. The molecule has 0 spiro atoms. The molecule has 3 rings (SSSR count). The number of benzene rings is 2. The van der Waals surface area contributed by atoms with E-state index in [-0.39, 0.29) is 0 Å². The molecule has 2 nitrogen and oxygen atoms in total. The Labute approximate surface area is 132 Å². The van der Waals surface area contributed by atoms with E-state index in [1.54, 1.807) is 0 Å². The summed E-state index contributed by atoms with van der Waals surface area (Å²) in [6.07, 6.45) is 0. The molecule has 0 bridgehead atoms. The second-order valence-corrected chi connectivity index (χ2v) is 5.42. The van der Waals surface area contributed by atoms with Crippen LogP contribution in [0.3, 0.4) is 0 Å². The molecule has 0 radical (unpaired) electrons. The number of aromatic nitrogens is 1. The van der Waals surface area contributed by atoms with Crippen LogP contribution in [0.5, 0.6) is 0 Å². The van der Waals surface area contributed by atoms with Gasteiger partial charge in [-0.05, 0) is 19.1 Å². The molecule has 0 aliphatic heterocycles. The van der Waals surface area contributed by atoms with Crippen molar-refractivity contribution in [1.82, 2.24) is 4.98 Å². The molecule has 0 saturated carbocycles. The summed E-state index contributed by atoms with van der Waals surface area (Å²) in [6.45, 7) is 2.07. The molecule has 0 N–H and O–H groups in total. The second kappa shape index (κ2) is 5.79. The molecule has 1 heterocycles. The molecule has 0 amide bonds. The third kappa shape index (κ3) is 2.63. The summed E-state index contributed by atoms with van der Waals surface area (Å²) in [5.41, 5.74) is 4.32. The molecule has 1 aromatic heterocycles. The van der Waals surface area contributed by atoms with Crippen LogP contribution in [0.2, 0.25) is 0 Å². The van der Waals surface area contributed by atoms with E-state index in [9.17, 15) is 0 Å². The SMILES string of the molecule is Cc1ccc(-c2nc(CI)c(-c3ccccc3)o2)cc1. The summed E-state index contributed by atoms with van der Waals surface area (Å²) in [5.74, 6) is 1.56. The number of alkyl halides is 1. The van der Waals surface area contributed by atoms with E-state index < -0.39 is 0 Å². The molecule has 0 aliphatic rings. The van der Waals surface area contributed by atoms with Gasteiger partial charge in [-0.25, -0.2) is 4.98 Å². The minimum absolute atomic E-state index is 0.690. The first-order valence-corrected chi connectivity index (χ1v) is 7.98. The van der Waals surface area contributed by atoms with E-state index in [1.165, 1.54) is 5.56 Å². The van der Waals surface area contributed by atoms with Crippen LogP contribution in [-0.2, 0) is 4.43 Å². The fourth-order valence-corrected chi connectivity index (χ4v) is 2.59. The first-order chi connectivity index (χ1) is 9.78. The van der Waals surface area contributed by atoms with Crippen molar-refractivity contribution in [2.24, 2.45) is 0 Å². The number of hydrogen-bond acceptors (Lipinski definition) is 2. The molecule has 2 aromatic carbocycles. The lowest BCUT2D eigenvalue weighted by Crippen LogP contribution is -1.82. The lowest BCUT2D eigenvalue weighted by molar-refractivity contribution is 0.588. The van der Waals surface area contributed by atoms with E-state index in [2.05, 4.69) is 58.8 Å². The Balaban J connectivity index is 2.07. The summed E-state index contributed by atoms with van der Waals surface area (Å²) in [5, 5.41) is 0.